The molecule has 178 valence electrons. The minimum Gasteiger partial charge on any atom is -0.380 e. The van der Waals surface area contributed by atoms with Crippen LogP contribution in [0.1, 0.15) is 11.5 Å². The standard InChI is InChI=1S/C24H18F2N4O4S/c25-18-8-6-15(10-19(18)26)27-22-13-30(12-17(22)14-4-2-1-3-5-14)35(33,34)16-7-9-20-21(11-16)29-24(32)23(31)28-20/h1-11,17,22,27H,12-13H2. The quantitative estimate of drug-likeness (QED) is 0.539. The molecule has 11 heteroatoms. The molecule has 8 nitrogen and oxygen atoms in total. The van der Waals surface area contributed by atoms with Crippen LogP contribution in [0.15, 0.2) is 81.6 Å². The summed E-state index contributed by atoms with van der Waals surface area (Å²) in [5, 5.41) is 3.27. The van der Waals surface area contributed by atoms with Crippen LogP contribution in [0.4, 0.5) is 14.5 Å². The summed E-state index contributed by atoms with van der Waals surface area (Å²) in [6.45, 7) is 0.181. The Morgan fingerprint density at radius 2 is 1.54 bits per heavy atom. The van der Waals surface area contributed by atoms with Crippen molar-refractivity contribution in [2.24, 2.45) is 9.98 Å². The highest BCUT2D eigenvalue weighted by atomic mass is 32.2. The van der Waals surface area contributed by atoms with E-state index in [-0.39, 0.29) is 34.6 Å². The molecule has 2 aliphatic heterocycles. The second-order valence-corrected chi connectivity index (χ2v) is 10.1. The molecule has 0 spiro atoms. The maximum Gasteiger partial charge on any atom is 0.338 e. The van der Waals surface area contributed by atoms with Gasteiger partial charge in [-0.2, -0.15) is 4.31 Å². The smallest absolute Gasteiger partial charge is 0.338 e. The van der Waals surface area contributed by atoms with Gasteiger partial charge in [0.1, 0.15) is 0 Å². The number of benzene rings is 3. The van der Waals surface area contributed by atoms with Crippen LogP contribution < -0.4 is 16.0 Å². The van der Waals surface area contributed by atoms with Crippen molar-refractivity contribution < 1.29 is 26.8 Å². The number of sulfonamides is 1. The summed E-state index contributed by atoms with van der Waals surface area (Å²) in [5.41, 5.74) is 1.21. The molecule has 2 aliphatic rings. The molecule has 0 bridgehead atoms. The van der Waals surface area contributed by atoms with Crippen LogP contribution in [0, 0.1) is 11.6 Å². The summed E-state index contributed by atoms with van der Waals surface area (Å²) in [6.07, 6.45) is 0. The van der Waals surface area contributed by atoms with Gasteiger partial charge in [0.25, 0.3) is 0 Å². The highest BCUT2D eigenvalue weighted by molar-refractivity contribution is 7.89. The molecule has 0 radical (unpaired) electrons. The summed E-state index contributed by atoms with van der Waals surface area (Å²) < 4.78 is 55.4. The third-order valence-corrected chi connectivity index (χ3v) is 7.82. The van der Waals surface area contributed by atoms with Gasteiger partial charge in [0.05, 0.1) is 15.6 Å². The topological polar surface area (TPSA) is 108 Å². The van der Waals surface area contributed by atoms with Crippen molar-refractivity contribution in [3.8, 4) is 0 Å². The molecular formula is C24H18F2N4O4S. The summed E-state index contributed by atoms with van der Waals surface area (Å²) in [6, 6.07) is 16.1. The number of anilines is 1. The fraction of sp³-hybridized carbons (Fsp3) is 0.167. The molecule has 5 rings (SSSR count). The lowest BCUT2D eigenvalue weighted by Crippen LogP contribution is -2.37. The molecule has 2 heterocycles. The highest BCUT2D eigenvalue weighted by Crippen LogP contribution is 2.33. The Morgan fingerprint density at radius 1 is 0.829 bits per heavy atom. The van der Waals surface area contributed by atoms with Crippen molar-refractivity contribution in [3.63, 3.8) is 0 Å². The highest BCUT2D eigenvalue weighted by Gasteiger charge is 2.40. The van der Waals surface area contributed by atoms with Crippen LogP contribution in [0.25, 0.3) is 0 Å². The second kappa shape index (κ2) is 8.75. The zero-order valence-corrected chi connectivity index (χ0v) is 18.9. The third-order valence-electron chi connectivity index (χ3n) is 6.00. The van der Waals surface area contributed by atoms with Crippen molar-refractivity contribution in [2.75, 3.05) is 18.4 Å². The number of carbonyl (C=O) groups is 2. The molecule has 2 unspecified atom stereocenters. The zero-order valence-electron chi connectivity index (χ0n) is 18.1. The predicted molar refractivity (Wildman–Crippen MR) is 120 cm³/mol. The van der Waals surface area contributed by atoms with Crippen molar-refractivity contribution in [3.05, 3.63) is 94.6 Å². The van der Waals surface area contributed by atoms with Crippen LogP contribution >= 0.6 is 0 Å². The Morgan fingerprint density at radius 3 is 2.26 bits per heavy atom. The van der Waals surface area contributed by atoms with E-state index in [9.17, 15) is 26.8 Å². The summed E-state index contributed by atoms with van der Waals surface area (Å²) in [7, 11) is -4.02. The number of nitrogens with zero attached hydrogens (tertiary/aromatic N) is 3. The minimum absolute atomic E-state index is 0.00550. The van der Waals surface area contributed by atoms with Gasteiger partial charge in [-0.25, -0.2) is 27.2 Å². The lowest BCUT2D eigenvalue weighted by Gasteiger charge is -2.21. The molecule has 2 atom stereocenters. The SMILES string of the molecule is O=C1N=c2ccc(S(=O)(=O)N3CC(Nc4ccc(F)c(F)c4)C(c4ccccc4)C3)cc2=NC1=O. The van der Waals surface area contributed by atoms with E-state index in [4.69, 9.17) is 0 Å². The van der Waals surface area contributed by atoms with Crippen molar-refractivity contribution >= 4 is 27.5 Å². The van der Waals surface area contributed by atoms with Crippen LogP contribution in [0.3, 0.4) is 0 Å². The molecule has 35 heavy (non-hydrogen) atoms. The van der Waals surface area contributed by atoms with Crippen molar-refractivity contribution in [2.45, 2.75) is 16.9 Å². The molecule has 3 aromatic carbocycles. The lowest BCUT2D eigenvalue weighted by atomic mass is 9.94. The van der Waals surface area contributed by atoms with Gasteiger partial charge < -0.3 is 5.32 Å². The Kier molecular flexibility index (Phi) is 5.73. The summed E-state index contributed by atoms with van der Waals surface area (Å²) >= 11 is 0. The van der Waals surface area contributed by atoms with E-state index in [0.717, 1.165) is 17.7 Å². The maximum absolute atomic E-state index is 13.8. The minimum atomic E-state index is -4.02. The number of nitrogens with one attached hydrogen (secondary N) is 1. The van der Waals surface area contributed by atoms with Gasteiger partial charge >= 0.3 is 11.8 Å². The Labute approximate surface area is 198 Å². The predicted octanol–water partition coefficient (Wildman–Crippen LogP) is 1.54. The molecule has 0 aromatic heterocycles. The number of rotatable bonds is 5. The molecule has 1 saturated heterocycles. The molecular weight excluding hydrogens is 478 g/mol. The fourth-order valence-corrected chi connectivity index (χ4v) is 5.77. The Balaban J connectivity index is 1.49. The first-order valence-corrected chi connectivity index (χ1v) is 12.1. The average molecular weight is 496 g/mol. The van der Waals surface area contributed by atoms with E-state index in [0.29, 0.717) is 5.69 Å². The summed E-state index contributed by atoms with van der Waals surface area (Å²) in [5.74, 6) is -4.34. The number of hydrogen-bond donors (Lipinski definition) is 1. The first-order chi connectivity index (χ1) is 16.7. The fourth-order valence-electron chi connectivity index (χ4n) is 4.26. The van der Waals surface area contributed by atoms with Gasteiger partial charge in [-0.05, 0) is 35.9 Å². The van der Waals surface area contributed by atoms with Crippen LogP contribution in [0.2, 0.25) is 0 Å². The second-order valence-electron chi connectivity index (χ2n) is 8.20. The van der Waals surface area contributed by atoms with Crippen molar-refractivity contribution in [1.29, 1.82) is 0 Å². The number of fused-ring (bicyclic) bond motifs is 1. The van der Waals surface area contributed by atoms with E-state index >= 15 is 0 Å². The number of amides is 2. The van der Waals surface area contributed by atoms with Crippen LogP contribution in [-0.2, 0) is 19.6 Å². The zero-order chi connectivity index (χ0) is 24.7. The van der Waals surface area contributed by atoms with Gasteiger partial charge in [0.2, 0.25) is 10.0 Å². The number of carbonyl (C=O) groups excluding carboxylic acids is 2. The molecule has 1 N–H and O–H groups in total. The normalized spacial score (nSPS) is 20.2. The van der Waals surface area contributed by atoms with Crippen LogP contribution in [-0.4, -0.2) is 43.7 Å². The van der Waals surface area contributed by atoms with E-state index in [1.807, 2.05) is 30.3 Å². The number of hydrogen-bond acceptors (Lipinski definition) is 5. The maximum atomic E-state index is 13.8. The molecule has 3 aromatic rings. The molecule has 0 saturated carbocycles. The first-order valence-electron chi connectivity index (χ1n) is 10.6. The monoisotopic (exact) mass is 496 g/mol. The van der Waals surface area contributed by atoms with Crippen LogP contribution in [0.5, 0.6) is 0 Å². The Hall–Kier alpha value is -3.83. The van der Waals surface area contributed by atoms with E-state index in [1.54, 1.807) is 0 Å². The lowest BCUT2D eigenvalue weighted by molar-refractivity contribution is -0.135. The van der Waals surface area contributed by atoms with E-state index in [2.05, 4.69) is 15.3 Å². The van der Waals surface area contributed by atoms with Gasteiger partial charge in [-0.15, -0.1) is 0 Å². The molecule has 2 amide bonds. The number of halogens is 2. The average Bonchev–Trinajstić information content (AvgIpc) is 3.27. The van der Waals surface area contributed by atoms with E-state index < -0.39 is 39.5 Å². The molecule has 1 fully saturated rings. The Bertz CT molecular complexity index is 1580. The van der Waals surface area contributed by atoms with Crippen molar-refractivity contribution in [1.82, 2.24) is 4.31 Å². The largest absolute Gasteiger partial charge is 0.380 e. The summed E-state index contributed by atoms with van der Waals surface area (Å²) in [4.78, 5) is 30.2. The molecule has 0 aliphatic carbocycles. The van der Waals surface area contributed by atoms with Gasteiger partial charge in [0.15, 0.2) is 11.6 Å². The first kappa shape index (κ1) is 22.9. The van der Waals surface area contributed by atoms with Gasteiger partial charge in [-0.1, -0.05) is 30.3 Å². The van der Waals surface area contributed by atoms with Gasteiger partial charge in [-0.3, -0.25) is 9.59 Å². The van der Waals surface area contributed by atoms with E-state index in [1.165, 1.54) is 28.6 Å². The van der Waals surface area contributed by atoms with Gasteiger partial charge in [0, 0.05) is 36.8 Å². The third kappa shape index (κ3) is 4.35.